The van der Waals surface area contributed by atoms with E-state index in [1.165, 1.54) is 135 Å². The van der Waals surface area contributed by atoms with Gasteiger partial charge in [0.2, 0.25) is 0 Å². The summed E-state index contributed by atoms with van der Waals surface area (Å²) in [5.41, 5.74) is 0. The number of carbonyl (C=O) groups excluding carboxylic acids is 3. The molecule has 0 saturated heterocycles. The fourth-order valence-corrected chi connectivity index (χ4v) is 7.39. The van der Waals surface area contributed by atoms with Gasteiger partial charge < -0.3 is 14.2 Å². The van der Waals surface area contributed by atoms with Gasteiger partial charge in [-0.3, -0.25) is 14.4 Å². The van der Waals surface area contributed by atoms with Crippen molar-refractivity contribution in [2.75, 3.05) is 13.2 Å². The van der Waals surface area contributed by atoms with Gasteiger partial charge in [0, 0.05) is 19.3 Å². The molecule has 0 aromatic rings. The second-order valence-corrected chi connectivity index (χ2v) is 17.4. The minimum Gasteiger partial charge on any atom is -0.462 e. The Morgan fingerprint density at radius 1 is 0.344 bits per heavy atom. The van der Waals surface area contributed by atoms with E-state index in [0.717, 1.165) is 89.9 Å². The first-order valence-electron chi connectivity index (χ1n) is 26.1. The number of carbonyl (C=O) groups is 3. The van der Waals surface area contributed by atoms with Crippen LogP contribution in [0.15, 0.2) is 48.6 Å². The van der Waals surface area contributed by atoms with Gasteiger partial charge in [-0.25, -0.2) is 0 Å². The molecule has 0 aliphatic heterocycles. The van der Waals surface area contributed by atoms with Crippen LogP contribution in [0.1, 0.15) is 265 Å². The molecule has 0 N–H and O–H groups in total. The summed E-state index contributed by atoms with van der Waals surface area (Å²) in [5.74, 6) is -0.914. The molecule has 0 radical (unpaired) electrons. The van der Waals surface area contributed by atoms with Crippen molar-refractivity contribution in [2.24, 2.45) is 0 Å². The maximum absolute atomic E-state index is 12.8. The Balaban J connectivity index is 4.40. The van der Waals surface area contributed by atoms with Crippen molar-refractivity contribution in [1.82, 2.24) is 0 Å². The predicted octanol–water partition coefficient (Wildman–Crippen LogP) is 17.1. The second-order valence-electron chi connectivity index (χ2n) is 17.4. The summed E-state index contributed by atoms with van der Waals surface area (Å²) >= 11 is 0. The maximum atomic E-state index is 12.8. The summed E-state index contributed by atoms with van der Waals surface area (Å²) in [6, 6.07) is 0. The van der Waals surface area contributed by atoms with Crippen molar-refractivity contribution in [3.8, 4) is 0 Å². The molecule has 1 unspecified atom stereocenters. The number of allylic oxidation sites excluding steroid dienone is 8. The molecule has 0 aliphatic rings. The van der Waals surface area contributed by atoms with Gasteiger partial charge in [-0.05, 0) is 77.0 Å². The number of hydrogen-bond acceptors (Lipinski definition) is 6. The number of hydrogen-bond donors (Lipinski definition) is 0. The third-order valence-corrected chi connectivity index (χ3v) is 11.3. The van der Waals surface area contributed by atoms with E-state index in [1.807, 2.05) is 0 Å². The van der Waals surface area contributed by atoms with Gasteiger partial charge in [0.25, 0.3) is 0 Å². The third kappa shape index (κ3) is 48.3. The minimum absolute atomic E-state index is 0.0846. The third-order valence-electron chi connectivity index (χ3n) is 11.3. The van der Waals surface area contributed by atoms with Crippen LogP contribution in [0.5, 0.6) is 0 Å². The highest BCUT2D eigenvalue weighted by molar-refractivity contribution is 5.71. The minimum atomic E-state index is -0.784. The Hall–Kier alpha value is -2.63. The average Bonchev–Trinajstić information content (AvgIpc) is 3.26. The fraction of sp³-hybridized carbons (Fsp3) is 0.800. The highest BCUT2D eigenvalue weighted by Gasteiger charge is 2.19. The molecule has 0 amide bonds. The van der Waals surface area contributed by atoms with Crippen molar-refractivity contribution >= 4 is 17.9 Å². The van der Waals surface area contributed by atoms with Gasteiger partial charge in [0.05, 0.1) is 0 Å². The molecule has 0 heterocycles. The van der Waals surface area contributed by atoms with Crippen LogP contribution in [0.25, 0.3) is 0 Å². The number of unbranched alkanes of at least 4 members (excludes halogenated alkanes) is 28. The Kier molecular flexibility index (Phi) is 47.9. The monoisotopic (exact) mass is 855 g/mol. The zero-order valence-corrected chi connectivity index (χ0v) is 40.4. The zero-order valence-electron chi connectivity index (χ0n) is 40.4. The first-order valence-corrected chi connectivity index (χ1v) is 26.1. The SMILES string of the molecule is CC/C=C\C/C=C\C/C=C\CCCCCC(=O)OCC(COC(=O)CCCCCCC/C=C\CCCCCCCCC)OC(=O)CCCCCCCCCCCCCCCC. The zero-order chi connectivity index (χ0) is 44.4. The molecule has 0 bridgehead atoms. The first kappa shape index (κ1) is 58.4. The molecule has 61 heavy (non-hydrogen) atoms. The topological polar surface area (TPSA) is 78.9 Å². The largest absolute Gasteiger partial charge is 0.462 e. The number of esters is 3. The quantitative estimate of drug-likeness (QED) is 0.0263. The molecule has 0 aromatic carbocycles. The molecule has 0 aliphatic carbocycles. The standard InChI is InChI=1S/C55H98O6/c1-4-7-10-13-16-19-22-25-27-28-31-33-36-39-42-45-48-54(57)60-51-52(50-59-53(56)47-44-41-38-35-32-29-24-21-18-15-12-9-6-3)61-55(58)49-46-43-40-37-34-30-26-23-20-17-14-11-8-5-2/h9,12,18,21,27-29,32,52H,4-8,10-11,13-17,19-20,22-26,30-31,33-51H2,1-3H3/b12-9-,21-18-,28-27-,32-29-. The smallest absolute Gasteiger partial charge is 0.306 e. The Morgan fingerprint density at radius 3 is 1.03 bits per heavy atom. The van der Waals surface area contributed by atoms with E-state index in [0.29, 0.717) is 19.3 Å². The summed E-state index contributed by atoms with van der Waals surface area (Å²) in [7, 11) is 0. The predicted molar refractivity (Wildman–Crippen MR) is 261 cm³/mol. The summed E-state index contributed by atoms with van der Waals surface area (Å²) in [6.45, 7) is 6.50. The van der Waals surface area contributed by atoms with Gasteiger partial charge in [-0.1, -0.05) is 217 Å². The molecular formula is C55H98O6. The summed E-state index contributed by atoms with van der Waals surface area (Å²) < 4.78 is 16.8. The highest BCUT2D eigenvalue weighted by atomic mass is 16.6. The Bertz CT molecular complexity index is 1070. The van der Waals surface area contributed by atoms with Crippen LogP contribution in [-0.2, 0) is 28.6 Å². The summed E-state index contributed by atoms with van der Waals surface area (Å²) in [4.78, 5) is 38.0. The van der Waals surface area contributed by atoms with Crippen LogP contribution in [0.4, 0.5) is 0 Å². The van der Waals surface area contributed by atoms with Crippen molar-refractivity contribution in [1.29, 1.82) is 0 Å². The first-order chi connectivity index (χ1) is 30.0. The van der Waals surface area contributed by atoms with E-state index in [1.54, 1.807) is 0 Å². The van der Waals surface area contributed by atoms with Crippen LogP contribution < -0.4 is 0 Å². The van der Waals surface area contributed by atoms with Crippen LogP contribution >= 0.6 is 0 Å². The van der Waals surface area contributed by atoms with E-state index in [4.69, 9.17) is 14.2 Å². The van der Waals surface area contributed by atoms with Crippen molar-refractivity contribution < 1.29 is 28.6 Å². The van der Waals surface area contributed by atoms with Gasteiger partial charge in [0.15, 0.2) is 6.10 Å². The molecular weight excluding hydrogens is 757 g/mol. The lowest BCUT2D eigenvalue weighted by Gasteiger charge is -2.18. The molecule has 354 valence electrons. The summed E-state index contributed by atoms with van der Waals surface area (Å²) in [5, 5.41) is 0. The van der Waals surface area contributed by atoms with Crippen molar-refractivity contribution in [3.05, 3.63) is 48.6 Å². The van der Waals surface area contributed by atoms with Crippen LogP contribution in [0.3, 0.4) is 0 Å². The number of rotatable bonds is 47. The van der Waals surface area contributed by atoms with Gasteiger partial charge >= 0.3 is 17.9 Å². The van der Waals surface area contributed by atoms with Crippen LogP contribution in [-0.4, -0.2) is 37.2 Å². The van der Waals surface area contributed by atoms with Gasteiger partial charge in [0.1, 0.15) is 13.2 Å². The highest BCUT2D eigenvalue weighted by Crippen LogP contribution is 2.15. The molecule has 0 fully saturated rings. The second kappa shape index (κ2) is 50.0. The van der Waals surface area contributed by atoms with E-state index in [-0.39, 0.29) is 31.1 Å². The number of ether oxygens (including phenoxy) is 3. The molecule has 1 atom stereocenters. The molecule has 0 aromatic heterocycles. The molecule has 6 nitrogen and oxygen atoms in total. The van der Waals surface area contributed by atoms with E-state index < -0.39 is 6.10 Å². The van der Waals surface area contributed by atoms with Gasteiger partial charge in [-0.15, -0.1) is 0 Å². The fourth-order valence-electron chi connectivity index (χ4n) is 7.39. The van der Waals surface area contributed by atoms with E-state index in [2.05, 4.69) is 69.4 Å². The lowest BCUT2D eigenvalue weighted by molar-refractivity contribution is -0.167. The van der Waals surface area contributed by atoms with Crippen LogP contribution in [0, 0.1) is 0 Å². The normalized spacial score (nSPS) is 12.4. The Morgan fingerprint density at radius 2 is 0.639 bits per heavy atom. The maximum Gasteiger partial charge on any atom is 0.306 e. The van der Waals surface area contributed by atoms with Crippen molar-refractivity contribution in [2.45, 2.75) is 271 Å². The van der Waals surface area contributed by atoms with Crippen molar-refractivity contribution in [3.63, 3.8) is 0 Å². The molecule has 0 saturated carbocycles. The van der Waals surface area contributed by atoms with Crippen LogP contribution in [0.2, 0.25) is 0 Å². The molecule has 0 rings (SSSR count). The van der Waals surface area contributed by atoms with E-state index in [9.17, 15) is 14.4 Å². The summed E-state index contributed by atoms with van der Waals surface area (Å²) in [6.07, 6.45) is 59.5. The molecule has 6 heteroatoms. The van der Waals surface area contributed by atoms with Gasteiger partial charge in [-0.2, -0.15) is 0 Å². The van der Waals surface area contributed by atoms with E-state index >= 15 is 0 Å². The lowest BCUT2D eigenvalue weighted by atomic mass is 10.0. The lowest BCUT2D eigenvalue weighted by Crippen LogP contribution is -2.30. The molecule has 0 spiro atoms. The average molecular weight is 855 g/mol. The Labute approximate surface area is 378 Å².